The molecule has 1 aromatic carbocycles. The van der Waals surface area contributed by atoms with Crippen molar-refractivity contribution < 1.29 is 4.39 Å². The Morgan fingerprint density at radius 1 is 1.30 bits per heavy atom. The maximum absolute atomic E-state index is 13.0. The third-order valence-corrected chi connectivity index (χ3v) is 3.58. The van der Waals surface area contributed by atoms with Crippen molar-refractivity contribution in [3.63, 3.8) is 0 Å². The number of aliphatic imine (C=N–C) groups is 1. The standard InChI is InChI=1S/C16H23FN6/c1-5-18-16(19-10-15-21-20-12(2)23(15)4)22(3)11-13-6-8-14(17)9-7-13/h6-9H,5,10-11H2,1-4H3,(H,18,19). The normalized spacial score (nSPS) is 11.6. The fraction of sp³-hybridized carbons (Fsp3) is 0.438. The van der Waals surface area contributed by atoms with E-state index in [4.69, 9.17) is 0 Å². The Hall–Kier alpha value is -2.44. The van der Waals surface area contributed by atoms with Gasteiger partial charge in [-0.3, -0.25) is 0 Å². The predicted molar refractivity (Wildman–Crippen MR) is 88.4 cm³/mol. The molecule has 0 aliphatic rings. The molecule has 124 valence electrons. The van der Waals surface area contributed by atoms with Gasteiger partial charge in [0.05, 0.1) is 0 Å². The average Bonchev–Trinajstić information content (AvgIpc) is 2.85. The molecule has 0 saturated carbocycles. The molecule has 2 rings (SSSR count). The summed E-state index contributed by atoms with van der Waals surface area (Å²) in [6.45, 7) is 5.79. The minimum atomic E-state index is -0.227. The summed E-state index contributed by atoms with van der Waals surface area (Å²) >= 11 is 0. The van der Waals surface area contributed by atoms with Crippen LogP contribution in [-0.4, -0.2) is 39.2 Å². The van der Waals surface area contributed by atoms with E-state index in [1.54, 1.807) is 12.1 Å². The minimum absolute atomic E-state index is 0.227. The molecule has 0 aliphatic heterocycles. The Morgan fingerprint density at radius 3 is 2.57 bits per heavy atom. The van der Waals surface area contributed by atoms with Crippen LogP contribution in [0.25, 0.3) is 0 Å². The highest BCUT2D eigenvalue weighted by Gasteiger charge is 2.09. The number of guanidine groups is 1. The van der Waals surface area contributed by atoms with Gasteiger partial charge in [-0.05, 0) is 31.5 Å². The van der Waals surface area contributed by atoms with E-state index in [9.17, 15) is 4.39 Å². The van der Waals surface area contributed by atoms with E-state index >= 15 is 0 Å². The molecule has 0 radical (unpaired) electrons. The predicted octanol–water partition coefficient (Wildman–Crippen LogP) is 1.86. The molecule has 6 nitrogen and oxygen atoms in total. The van der Waals surface area contributed by atoms with Gasteiger partial charge in [0.1, 0.15) is 18.2 Å². The van der Waals surface area contributed by atoms with Crippen LogP contribution in [-0.2, 0) is 20.1 Å². The van der Waals surface area contributed by atoms with Crippen LogP contribution in [0.5, 0.6) is 0 Å². The monoisotopic (exact) mass is 318 g/mol. The van der Waals surface area contributed by atoms with Crippen LogP contribution in [0.1, 0.15) is 24.1 Å². The van der Waals surface area contributed by atoms with Crippen LogP contribution in [0.4, 0.5) is 4.39 Å². The van der Waals surface area contributed by atoms with Gasteiger partial charge in [-0.1, -0.05) is 12.1 Å². The summed E-state index contributed by atoms with van der Waals surface area (Å²) in [4.78, 5) is 6.61. The average molecular weight is 318 g/mol. The molecule has 7 heteroatoms. The Kier molecular flexibility index (Phi) is 5.67. The molecular formula is C16H23FN6. The molecule has 0 saturated heterocycles. The first-order valence-electron chi connectivity index (χ1n) is 7.60. The second-order valence-corrected chi connectivity index (χ2v) is 5.38. The SMILES string of the molecule is CCNC(=NCc1nnc(C)n1C)N(C)Cc1ccc(F)cc1. The number of aryl methyl sites for hydroxylation is 1. The van der Waals surface area contributed by atoms with Gasteiger partial charge in [0, 0.05) is 27.2 Å². The van der Waals surface area contributed by atoms with Crippen molar-refractivity contribution in [1.82, 2.24) is 25.0 Å². The van der Waals surface area contributed by atoms with E-state index in [2.05, 4.69) is 20.5 Å². The van der Waals surface area contributed by atoms with E-state index in [-0.39, 0.29) is 5.82 Å². The van der Waals surface area contributed by atoms with Crippen LogP contribution in [0.3, 0.4) is 0 Å². The summed E-state index contributed by atoms with van der Waals surface area (Å²) in [5.41, 5.74) is 1.02. The molecule has 0 atom stereocenters. The number of benzene rings is 1. The van der Waals surface area contributed by atoms with E-state index < -0.39 is 0 Å². The Labute approximate surface area is 136 Å². The van der Waals surface area contributed by atoms with Gasteiger partial charge in [-0.25, -0.2) is 9.38 Å². The highest BCUT2D eigenvalue weighted by atomic mass is 19.1. The van der Waals surface area contributed by atoms with E-state index in [0.717, 1.165) is 29.7 Å². The number of nitrogens with one attached hydrogen (secondary N) is 1. The van der Waals surface area contributed by atoms with Gasteiger partial charge >= 0.3 is 0 Å². The smallest absolute Gasteiger partial charge is 0.194 e. The summed E-state index contributed by atoms with van der Waals surface area (Å²) in [6.07, 6.45) is 0. The van der Waals surface area contributed by atoms with Crippen LogP contribution in [0.2, 0.25) is 0 Å². The molecule has 1 aromatic heterocycles. The topological polar surface area (TPSA) is 58.3 Å². The van der Waals surface area contributed by atoms with Gasteiger partial charge in [0.15, 0.2) is 11.8 Å². The zero-order chi connectivity index (χ0) is 16.8. The third kappa shape index (κ3) is 4.51. The number of nitrogens with zero attached hydrogens (tertiary/aromatic N) is 5. The maximum Gasteiger partial charge on any atom is 0.194 e. The van der Waals surface area contributed by atoms with Crippen molar-refractivity contribution >= 4 is 5.96 Å². The first-order valence-corrected chi connectivity index (χ1v) is 7.60. The van der Waals surface area contributed by atoms with Gasteiger partial charge in [0.2, 0.25) is 0 Å². The van der Waals surface area contributed by atoms with Crippen LogP contribution >= 0.6 is 0 Å². The lowest BCUT2D eigenvalue weighted by atomic mass is 10.2. The van der Waals surface area contributed by atoms with Crippen molar-refractivity contribution in [3.05, 3.63) is 47.3 Å². The van der Waals surface area contributed by atoms with Crippen LogP contribution in [0, 0.1) is 12.7 Å². The lowest BCUT2D eigenvalue weighted by Crippen LogP contribution is -2.38. The molecule has 0 bridgehead atoms. The number of halogens is 1. The van der Waals surface area contributed by atoms with Crippen LogP contribution in [0.15, 0.2) is 29.3 Å². The van der Waals surface area contributed by atoms with E-state index in [1.165, 1.54) is 12.1 Å². The van der Waals surface area contributed by atoms with Crippen molar-refractivity contribution in [2.45, 2.75) is 26.9 Å². The van der Waals surface area contributed by atoms with E-state index in [0.29, 0.717) is 13.1 Å². The molecule has 1 heterocycles. The first kappa shape index (κ1) is 16.9. The fourth-order valence-corrected chi connectivity index (χ4v) is 2.14. The number of hydrogen-bond acceptors (Lipinski definition) is 3. The number of aromatic nitrogens is 3. The summed E-state index contributed by atoms with van der Waals surface area (Å²) in [5, 5.41) is 11.4. The molecule has 1 N–H and O–H groups in total. The molecule has 2 aromatic rings. The van der Waals surface area contributed by atoms with E-state index in [1.807, 2.05) is 37.4 Å². The first-order chi connectivity index (χ1) is 11.0. The summed E-state index contributed by atoms with van der Waals surface area (Å²) in [7, 11) is 3.88. The van der Waals surface area contributed by atoms with Gasteiger partial charge in [-0.2, -0.15) is 0 Å². The molecule has 0 unspecified atom stereocenters. The molecule has 23 heavy (non-hydrogen) atoms. The fourth-order valence-electron chi connectivity index (χ4n) is 2.14. The van der Waals surface area contributed by atoms with Crippen molar-refractivity contribution in [3.8, 4) is 0 Å². The number of rotatable bonds is 5. The Morgan fingerprint density at radius 2 is 2.00 bits per heavy atom. The zero-order valence-corrected chi connectivity index (χ0v) is 14.0. The number of hydrogen-bond donors (Lipinski definition) is 1. The second kappa shape index (κ2) is 7.71. The van der Waals surface area contributed by atoms with Gasteiger partial charge in [0.25, 0.3) is 0 Å². The molecule has 0 amide bonds. The quantitative estimate of drug-likeness (QED) is 0.675. The van der Waals surface area contributed by atoms with Gasteiger partial charge < -0.3 is 14.8 Å². The van der Waals surface area contributed by atoms with Crippen molar-refractivity contribution in [1.29, 1.82) is 0 Å². The Bertz CT molecular complexity index is 662. The molecule has 0 fully saturated rings. The molecule has 0 spiro atoms. The summed E-state index contributed by atoms with van der Waals surface area (Å²) in [6, 6.07) is 6.49. The minimum Gasteiger partial charge on any atom is -0.357 e. The van der Waals surface area contributed by atoms with Crippen LogP contribution < -0.4 is 5.32 Å². The molecular weight excluding hydrogens is 295 g/mol. The summed E-state index contributed by atoms with van der Waals surface area (Å²) in [5.74, 6) is 2.22. The largest absolute Gasteiger partial charge is 0.357 e. The molecule has 0 aliphatic carbocycles. The highest BCUT2D eigenvalue weighted by molar-refractivity contribution is 5.79. The second-order valence-electron chi connectivity index (χ2n) is 5.38. The highest BCUT2D eigenvalue weighted by Crippen LogP contribution is 2.06. The lowest BCUT2D eigenvalue weighted by molar-refractivity contribution is 0.475. The third-order valence-electron chi connectivity index (χ3n) is 3.58. The van der Waals surface area contributed by atoms with Crippen molar-refractivity contribution in [2.24, 2.45) is 12.0 Å². The zero-order valence-electron chi connectivity index (χ0n) is 14.0. The Balaban J connectivity index is 2.08. The summed E-state index contributed by atoms with van der Waals surface area (Å²) < 4.78 is 14.9. The van der Waals surface area contributed by atoms with Crippen molar-refractivity contribution in [2.75, 3.05) is 13.6 Å². The lowest BCUT2D eigenvalue weighted by Gasteiger charge is -2.22. The van der Waals surface area contributed by atoms with Gasteiger partial charge in [-0.15, -0.1) is 10.2 Å². The maximum atomic E-state index is 13.0.